The van der Waals surface area contributed by atoms with E-state index in [0.717, 1.165) is 51.5 Å². The molecule has 0 spiro atoms. The van der Waals surface area contributed by atoms with Gasteiger partial charge in [-0.15, -0.1) is 0 Å². The molecule has 0 radical (unpaired) electrons. The molecule has 1 heterocycles. The van der Waals surface area contributed by atoms with Gasteiger partial charge in [-0.2, -0.15) is 0 Å². The zero-order chi connectivity index (χ0) is 14.1. The quantitative estimate of drug-likeness (QED) is 0.586. The van der Waals surface area contributed by atoms with E-state index in [1.165, 1.54) is 0 Å². The molecule has 3 N–H and O–H groups in total. The first-order valence-corrected chi connectivity index (χ1v) is 7.30. The summed E-state index contributed by atoms with van der Waals surface area (Å²) in [6, 6.07) is 0. The first-order chi connectivity index (χ1) is 9.04. The van der Waals surface area contributed by atoms with Crippen LogP contribution < -0.4 is 10.6 Å². The van der Waals surface area contributed by atoms with Crippen molar-refractivity contribution in [2.75, 3.05) is 13.1 Å². The Morgan fingerprint density at radius 1 is 1.21 bits per heavy atom. The van der Waals surface area contributed by atoms with Gasteiger partial charge in [-0.3, -0.25) is 9.59 Å². The highest BCUT2D eigenvalue weighted by Gasteiger charge is 2.33. The van der Waals surface area contributed by atoms with E-state index >= 15 is 0 Å². The number of unbranched alkanes of at least 4 members (excludes halogenated alkanes) is 3. The molecule has 19 heavy (non-hydrogen) atoms. The van der Waals surface area contributed by atoms with Gasteiger partial charge in [-0.05, 0) is 45.6 Å². The molecule has 1 rings (SSSR count). The van der Waals surface area contributed by atoms with Crippen LogP contribution in [0.3, 0.4) is 0 Å². The van der Waals surface area contributed by atoms with E-state index in [1.54, 1.807) is 0 Å². The highest BCUT2D eigenvalue weighted by Crippen LogP contribution is 2.18. The molecule has 0 aromatic rings. The number of hydrogen-bond acceptors (Lipinski definition) is 3. The summed E-state index contributed by atoms with van der Waals surface area (Å²) < 4.78 is 0. The van der Waals surface area contributed by atoms with Crippen LogP contribution in [0.1, 0.15) is 58.3 Å². The van der Waals surface area contributed by atoms with E-state index < -0.39 is 11.5 Å². The molecule has 0 aromatic carbocycles. The minimum Gasteiger partial charge on any atom is -0.481 e. The number of hydrogen-bond donors (Lipinski definition) is 3. The topological polar surface area (TPSA) is 78.4 Å². The van der Waals surface area contributed by atoms with E-state index in [-0.39, 0.29) is 12.3 Å². The van der Waals surface area contributed by atoms with E-state index in [9.17, 15) is 9.59 Å². The van der Waals surface area contributed by atoms with Gasteiger partial charge in [0.25, 0.3) is 0 Å². The lowest BCUT2D eigenvalue weighted by atomic mass is 9.90. The summed E-state index contributed by atoms with van der Waals surface area (Å²) in [5.41, 5.74) is -0.401. The van der Waals surface area contributed by atoms with Crippen LogP contribution in [0, 0.1) is 0 Å². The van der Waals surface area contributed by atoms with Gasteiger partial charge in [0.2, 0.25) is 5.91 Å². The Labute approximate surface area is 115 Å². The third kappa shape index (κ3) is 6.05. The van der Waals surface area contributed by atoms with Gasteiger partial charge in [-0.25, -0.2) is 0 Å². The Balaban J connectivity index is 2.05. The molecule has 1 aliphatic heterocycles. The Morgan fingerprint density at radius 3 is 2.58 bits per heavy atom. The van der Waals surface area contributed by atoms with Gasteiger partial charge >= 0.3 is 5.97 Å². The fourth-order valence-electron chi connectivity index (χ4n) is 2.40. The van der Waals surface area contributed by atoms with Crippen molar-refractivity contribution in [2.45, 2.75) is 63.8 Å². The molecule has 1 amide bonds. The maximum absolute atomic E-state index is 12.0. The van der Waals surface area contributed by atoms with Crippen molar-refractivity contribution in [3.8, 4) is 0 Å². The summed E-state index contributed by atoms with van der Waals surface area (Å²) in [7, 11) is 0. The van der Waals surface area contributed by atoms with Crippen LogP contribution >= 0.6 is 0 Å². The van der Waals surface area contributed by atoms with Crippen molar-refractivity contribution < 1.29 is 14.7 Å². The fraction of sp³-hybridized carbons (Fsp3) is 0.857. The van der Waals surface area contributed by atoms with Crippen LogP contribution in [0.15, 0.2) is 0 Å². The van der Waals surface area contributed by atoms with Crippen LogP contribution in [0.2, 0.25) is 0 Å². The molecule has 5 heteroatoms. The Kier molecular flexibility index (Phi) is 6.84. The predicted octanol–water partition coefficient (Wildman–Crippen LogP) is 1.67. The summed E-state index contributed by atoms with van der Waals surface area (Å²) in [4.78, 5) is 22.4. The number of rotatable bonds is 8. The summed E-state index contributed by atoms with van der Waals surface area (Å²) in [5.74, 6) is -0.637. The van der Waals surface area contributed by atoms with Crippen molar-refractivity contribution in [1.29, 1.82) is 0 Å². The summed E-state index contributed by atoms with van der Waals surface area (Å²) >= 11 is 0. The van der Waals surface area contributed by atoms with E-state index in [2.05, 4.69) is 10.6 Å². The highest BCUT2D eigenvalue weighted by molar-refractivity contribution is 5.85. The molecule has 5 nitrogen and oxygen atoms in total. The second kappa shape index (κ2) is 8.15. The lowest BCUT2D eigenvalue weighted by Gasteiger charge is -2.33. The Bertz CT molecular complexity index is 299. The zero-order valence-electron chi connectivity index (χ0n) is 11.8. The van der Waals surface area contributed by atoms with Crippen molar-refractivity contribution >= 4 is 11.9 Å². The number of carbonyl (C=O) groups is 2. The molecule has 0 aliphatic carbocycles. The van der Waals surface area contributed by atoms with E-state index in [1.807, 2.05) is 6.92 Å². The van der Waals surface area contributed by atoms with Crippen LogP contribution in [0.4, 0.5) is 0 Å². The van der Waals surface area contributed by atoms with Gasteiger partial charge in [-0.1, -0.05) is 12.8 Å². The van der Waals surface area contributed by atoms with Crippen LogP contribution in [-0.4, -0.2) is 35.6 Å². The maximum atomic E-state index is 12.0. The molecule has 0 bridgehead atoms. The van der Waals surface area contributed by atoms with Crippen molar-refractivity contribution in [2.24, 2.45) is 0 Å². The Hall–Kier alpha value is -1.10. The van der Waals surface area contributed by atoms with Gasteiger partial charge in [0.15, 0.2) is 0 Å². The van der Waals surface area contributed by atoms with Crippen molar-refractivity contribution in [3.63, 3.8) is 0 Å². The number of aliphatic carboxylic acids is 1. The molecule has 1 saturated heterocycles. The molecule has 1 fully saturated rings. The van der Waals surface area contributed by atoms with Crippen molar-refractivity contribution in [3.05, 3.63) is 0 Å². The average molecular weight is 270 g/mol. The minimum absolute atomic E-state index is 0.0951. The molecule has 1 unspecified atom stereocenters. The molecular weight excluding hydrogens is 244 g/mol. The maximum Gasteiger partial charge on any atom is 0.303 e. The summed E-state index contributed by atoms with van der Waals surface area (Å²) in [6.45, 7) is 3.57. The van der Waals surface area contributed by atoms with Gasteiger partial charge < -0.3 is 15.7 Å². The van der Waals surface area contributed by atoms with Crippen LogP contribution in [0.5, 0.6) is 0 Å². The van der Waals surface area contributed by atoms with Gasteiger partial charge in [0.1, 0.15) is 0 Å². The standard InChI is InChI=1S/C14H26N2O3/c1-14(9-5-7-11-16-14)13(19)15-10-6-3-2-4-8-12(17)18/h16H,2-11H2,1H3,(H,15,19)(H,17,18). The molecule has 110 valence electrons. The van der Waals surface area contributed by atoms with E-state index in [0.29, 0.717) is 6.54 Å². The third-order valence-electron chi connectivity index (χ3n) is 3.72. The first kappa shape index (κ1) is 16.0. The lowest BCUT2D eigenvalue weighted by Crippen LogP contribution is -2.57. The van der Waals surface area contributed by atoms with Crippen LogP contribution in [0.25, 0.3) is 0 Å². The zero-order valence-corrected chi connectivity index (χ0v) is 11.8. The largest absolute Gasteiger partial charge is 0.481 e. The lowest BCUT2D eigenvalue weighted by molar-refractivity contribution is -0.137. The summed E-state index contributed by atoms with van der Waals surface area (Å²) in [6.07, 6.45) is 6.92. The van der Waals surface area contributed by atoms with Gasteiger partial charge in [0, 0.05) is 13.0 Å². The van der Waals surface area contributed by atoms with Crippen LogP contribution in [-0.2, 0) is 9.59 Å². The number of carboxylic acids is 1. The van der Waals surface area contributed by atoms with Gasteiger partial charge in [0.05, 0.1) is 5.54 Å². The fourth-order valence-corrected chi connectivity index (χ4v) is 2.40. The molecule has 0 aromatic heterocycles. The second-order valence-electron chi connectivity index (χ2n) is 5.53. The average Bonchev–Trinajstić information content (AvgIpc) is 2.38. The smallest absolute Gasteiger partial charge is 0.303 e. The molecule has 1 aliphatic rings. The number of carboxylic acid groups (broad SMARTS) is 1. The molecular formula is C14H26N2O3. The monoisotopic (exact) mass is 270 g/mol. The summed E-state index contributed by atoms with van der Waals surface area (Å²) in [5, 5.41) is 14.8. The highest BCUT2D eigenvalue weighted by atomic mass is 16.4. The number of nitrogens with one attached hydrogen (secondary N) is 2. The SMILES string of the molecule is CC1(C(=O)NCCCCCCC(=O)O)CCCCN1. The minimum atomic E-state index is -0.732. The normalized spacial score (nSPS) is 23.0. The molecule has 1 atom stereocenters. The molecule has 0 saturated carbocycles. The third-order valence-corrected chi connectivity index (χ3v) is 3.72. The first-order valence-electron chi connectivity index (χ1n) is 7.30. The number of amides is 1. The number of carbonyl (C=O) groups excluding carboxylic acids is 1. The van der Waals surface area contributed by atoms with E-state index in [4.69, 9.17) is 5.11 Å². The van der Waals surface area contributed by atoms with Crippen molar-refractivity contribution in [1.82, 2.24) is 10.6 Å². The number of piperidine rings is 1. The second-order valence-corrected chi connectivity index (χ2v) is 5.53. The predicted molar refractivity (Wildman–Crippen MR) is 74.0 cm³/mol. The Morgan fingerprint density at radius 2 is 1.95 bits per heavy atom.